The van der Waals surface area contributed by atoms with Gasteiger partial charge in [0.2, 0.25) is 0 Å². The van der Waals surface area contributed by atoms with Crippen LogP contribution < -0.4 is 10.1 Å². The Hall–Kier alpha value is -1.13. The average molecular weight is 239 g/mol. The Kier molecular flexibility index (Phi) is 3.97. The third-order valence-electron chi connectivity index (χ3n) is 3.06. The number of benzene rings is 1. The second-order valence-corrected chi connectivity index (χ2v) is 4.21. The maximum absolute atomic E-state index is 13.6. The van der Waals surface area contributed by atoms with Gasteiger partial charge in [0.1, 0.15) is 0 Å². The Balaban J connectivity index is 2.13. The number of halogens is 1. The Morgan fingerprint density at radius 3 is 2.94 bits per heavy atom. The van der Waals surface area contributed by atoms with Gasteiger partial charge in [-0.05, 0) is 24.1 Å². The molecule has 2 atom stereocenters. The predicted molar refractivity (Wildman–Crippen MR) is 63.7 cm³/mol. The first-order valence-corrected chi connectivity index (χ1v) is 5.94. The number of hydrogen-bond acceptors (Lipinski definition) is 3. The van der Waals surface area contributed by atoms with Gasteiger partial charge in [-0.1, -0.05) is 13.0 Å². The van der Waals surface area contributed by atoms with Gasteiger partial charge in [0, 0.05) is 13.1 Å². The second-order valence-electron chi connectivity index (χ2n) is 4.21. The van der Waals surface area contributed by atoms with E-state index in [1.165, 1.54) is 13.2 Å². The van der Waals surface area contributed by atoms with Crippen molar-refractivity contribution in [3.8, 4) is 5.75 Å². The predicted octanol–water partition coefficient (Wildman–Crippen LogP) is 2.27. The Labute approximate surface area is 101 Å². The third kappa shape index (κ3) is 2.76. The van der Waals surface area contributed by atoms with Crippen molar-refractivity contribution in [2.45, 2.75) is 25.6 Å². The van der Waals surface area contributed by atoms with Crippen molar-refractivity contribution in [2.75, 3.05) is 20.2 Å². The van der Waals surface area contributed by atoms with Crippen molar-refractivity contribution in [2.24, 2.45) is 0 Å². The van der Waals surface area contributed by atoms with E-state index in [4.69, 9.17) is 9.47 Å². The van der Waals surface area contributed by atoms with E-state index in [9.17, 15) is 4.39 Å². The van der Waals surface area contributed by atoms with Crippen LogP contribution in [-0.2, 0) is 4.74 Å². The van der Waals surface area contributed by atoms with Crippen LogP contribution in [0.25, 0.3) is 0 Å². The minimum atomic E-state index is -0.341. The molecule has 0 bridgehead atoms. The first-order chi connectivity index (χ1) is 8.24. The Morgan fingerprint density at radius 2 is 2.29 bits per heavy atom. The number of morpholine rings is 1. The molecule has 2 unspecified atom stereocenters. The van der Waals surface area contributed by atoms with Crippen LogP contribution in [0, 0.1) is 5.82 Å². The molecular formula is C13H18FNO2. The molecule has 1 aliphatic rings. The van der Waals surface area contributed by atoms with Gasteiger partial charge >= 0.3 is 0 Å². The Bertz CT molecular complexity index is 384. The first kappa shape index (κ1) is 12.3. The molecule has 0 aliphatic carbocycles. The molecule has 2 rings (SSSR count). The van der Waals surface area contributed by atoms with Crippen molar-refractivity contribution < 1.29 is 13.9 Å². The van der Waals surface area contributed by atoms with Gasteiger partial charge in [0.05, 0.1) is 19.3 Å². The summed E-state index contributed by atoms with van der Waals surface area (Å²) >= 11 is 0. The number of hydrogen-bond donors (Lipinski definition) is 1. The lowest BCUT2D eigenvalue weighted by atomic mass is 10.1. The van der Waals surface area contributed by atoms with E-state index in [1.54, 1.807) is 6.07 Å². The van der Waals surface area contributed by atoms with E-state index in [0.717, 1.165) is 25.1 Å². The monoisotopic (exact) mass is 239 g/mol. The maximum atomic E-state index is 13.6. The van der Waals surface area contributed by atoms with Crippen molar-refractivity contribution in [3.05, 3.63) is 29.6 Å². The lowest BCUT2D eigenvalue weighted by molar-refractivity contribution is -0.0401. The molecule has 0 radical (unpaired) electrons. The summed E-state index contributed by atoms with van der Waals surface area (Å²) in [6.45, 7) is 3.68. The van der Waals surface area contributed by atoms with Crippen LogP contribution in [-0.4, -0.2) is 26.3 Å². The minimum Gasteiger partial charge on any atom is -0.494 e. The molecule has 17 heavy (non-hydrogen) atoms. The summed E-state index contributed by atoms with van der Waals surface area (Å²) < 4.78 is 24.4. The fourth-order valence-corrected chi connectivity index (χ4v) is 2.02. The molecule has 1 fully saturated rings. The third-order valence-corrected chi connectivity index (χ3v) is 3.06. The van der Waals surface area contributed by atoms with Crippen LogP contribution >= 0.6 is 0 Å². The number of methoxy groups -OCH3 is 1. The highest BCUT2D eigenvalue weighted by Crippen LogP contribution is 2.26. The van der Waals surface area contributed by atoms with Gasteiger partial charge in [-0.3, -0.25) is 0 Å². The van der Waals surface area contributed by atoms with Gasteiger partial charge in [0.15, 0.2) is 11.6 Å². The van der Waals surface area contributed by atoms with Crippen LogP contribution in [0.15, 0.2) is 18.2 Å². The largest absolute Gasteiger partial charge is 0.494 e. The highest BCUT2D eigenvalue weighted by molar-refractivity contribution is 5.30. The summed E-state index contributed by atoms with van der Waals surface area (Å²) in [7, 11) is 1.46. The van der Waals surface area contributed by atoms with Gasteiger partial charge in [-0.25, -0.2) is 4.39 Å². The zero-order valence-corrected chi connectivity index (χ0v) is 10.2. The lowest BCUT2D eigenvalue weighted by Gasteiger charge is -2.30. The van der Waals surface area contributed by atoms with Crippen molar-refractivity contribution >= 4 is 0 Å². The SMILES string of the molecule is CCC1CNCC(c2ccc(OC)c(F)c2)O1. The molecule has 1 aromatic carbocycles. The molecule has 1 N–H and O–H groups in total. The summed E-state index contributed by atoms with van der Waals surface area (Å²) in [6.07, 6.45) is 1.09. The molecule has 0 aromatic heterocycles. The highest BCUT2D eigenvalue weighted by Gasteiger charge is 2.22. The summed E-state index contributed by atoms with van der Waals surface area (Å²) in [6, 6.07) is 4.99. The smallest absolute Gasteiger partial charge is 0.165 e. The summed E-state index contributed by atoms with van der Waals surface area (Å²) in [4.78, 5) is 0. The van der Waals surface area contributed by atoms with Crippen LogP contribution in [0.1, 0.15) is 25.0 Å². The van der Waals surface area contributed by atoms with Crippen LogP contribution in [0.4, 0.5) is 4.39 Å². The van der Waals surface area contributed by atoms with Gasteiger partial charge in [0.25, 0.3) is 0 Å². The zero-order chi connectivity index (χ0) is 12.3. The molecule has 1 aromatic rings. The number of rotatable bonds is 3. The molecule has 94 valence electrons. The molecule has 1 saturated heterocycles. The fourth-order valence-electron chi connectivity index (χ4n) is 2.02. The first-order valence-electron chi connectivity index (χ1n) is 5.94. The molecule has 1 heterocycles. The van der Waals surface area contributed by atoms with E-state index in [0.29, 0.717) is 0 Å². The van der Waals surface area contributed by atoms with E-state index in [2.05, 4.69) is 12.2 Å². The summed E-state index contributed by atoms with van der Waals surface area (Å²) in [5.74, 6) is -0.0724. The average Bonchev–Trinajstić information content (AvgIpc) is 2.38. The van der Waals surface area contributed by atoms with Gasteiger partial charge < -0.3 is 14.8 Å². The normalized spacial score (nSPS) is 24.6. The van der Waals surface area contributed by atoms with E-state index < -0.39 is 0 Å². The van der Waals surface area contributed by atoms with Gasteiger partial charge in [-0.2, -0.15) is 0 Å². The molecule has 0 amide bonds. The molecule has 1 aliphatic heterocycles. The molecular weight excluding hydrogens is 221 g/mol. The minimum absolute atomic E-state index is 0.0749. The second kappa shape index (κ2) is 5.47. The van der Waals surface area contributed by atoms with Crippen LogP contribution in [0.2, 0.25) is 0 Å². The van der Waals surface area contributed by atoms with Crippen LogP contribution in [0.5, 0.6) is 5.75 Å². The summed E-state index contributed by atoms with van der Waals surface area (Å²) in [5, 5.41) is 3.30. The molecule has 3 nitrogen and oxygen atoms in total. The fraction of sp³-hybridized carbons (Fsp3) is 0.538. The van der Waals surface area contributed by atoms with E-state index in [1.807, 2.05) is 6.07 Å². The lowest BCUT2D eigenvalue weighted by Crippen LogP contribution is -2.40. The van der Waals surface area contributed by atoms with E-state index in [-0.39, 0.29) is 23.8 Å². The number of nitrogens with one attached hydrogen (secondary N) is 1. The van der Waals surface area contributed by atoms with Crippen molar-refractivity contribution in [3.63, 3.8) is 0 Å². The summed E-state index contributed by atoms with van der Waals surface area (Å²) in [5.41, 5.74) is 0.856. The quantitative estimate of drug-likeness (QED) is 0.877. The van der Waals surface area contributed by atoms with Gasteiger partial charge in [-0.15, -0.1) is 0 Å². The van der Waals surface area contributed by atoms with Crippen molar-refractivity contribution in [1.29, 1.82) is 0 Å². The Morgan fingerprint density at radius 1 is 1.47 bits per heavy atom. The van der Waals surface area contributed by atoms with E-state index >= 15 is 0 Å². The van der Waals surface area contributed by atoms with Crippen LogP contribution in [0.3, 0.4) is 0 Å². The molecule has 0 spiro atoms. The molecule has 4 heteroatoms. The number of ether oxygens (including phenoxy) is 2. The maximum Gasteiger partial charge on any atom is 0.165 e. The zero-order valence-electron chi connectivity index (χ0n) is 10.2. The standard InChI is InChI=1S/C13H18FNO2/c1-3-10-7-15-8-13(17-10)9-4-5-12(16-2)11(14)6-9/h4-6,10,13,15H,3,7-8H2,1-2H3. The topological polar surface area (TPSA) is 30.5 Å². The highest BCUT2D eigenvalue weighted by atomic mass is 19.1. The van der Waals surface area contributed by atoms with Crippen molar-refractivity contribution in [1.82, 2.24) is 5.32 Å². The molecule has 0 saturated carbocycles.